The van der Waals surface area contributed by atoms with Gasteiger partial charge in [-0.15, -0.1) is 12.4 Å². The summed E-state index contributed by atoms with van der Waals surface area (Å²) in [7, 11) is 1.94. The van der Waals surface area contributed by atoms with Gasteiger partial charge in [-0.3, -0.25) is 4.68 Å². The molecule has 1 rings (SSSR count). The van der Waals surface area contributed by atoms with Gasteiger partial charge in [0.15, 0.2) is 0 Å². The molecular weight excluding hydrogens is 202 g/mol. The third-order valence-electron chi connectivity index (χ3n) is 1.86. The molecule has 0 aliphatic carbocycles. The highest BCUT2D eigenvalue weighted by atomic mass is 35.5. The molecule has 1 aromatic heterocycles. The van der Waals surface area contributed by atoms with Crippen LogP contribution in [0.1, 0.15) is 12.6 Å². The Bertz CT molecular complexity index is 240. The Balaban J connectivity index is 0.00000169. The molecule has 0 aliphatic rings. The lowest BCUT2D eigenvalue weighted by Gasteiger charge is -2.04. The lowest BCUT2D eigenvalue weighted by Crippen LogP contribution is -2.20. The number of rotatable bonds is 6. The molecule has 0 atom stereocenters. The molecule has 1 aromatic rings. The van der Waals surface area contributed by atoms with Crippen molar-refractivity contribution >= 4 is 12.4 Å². The minimum atomic E-state index is 0. The van der Waals surface area contributed by atoms with E-state index in [0.717, 1.165) is 26.3 Å². The van der Waals surface area contributed by atoms with Gasteiger partial charge in [-0.25, -0.2) is 0 Å². The summed E-state index contributed by atoms with van der Waals surface area (Å²) >= 11 is 0. The maximum Gasteiger partial charge on any atom is 0.0590 e. The maximum atomic E-state index is 5.20. The third kappa shape index (κ3) is 4.60. The molecule has 82 valence electrons. The van der Waals surface area contributed by atoms with Crippen molar-refractivity contribution in [1.82, 2.24) is 15.1 Å². The van der Waals surface area contributed by atoms with Gasteiger partial charge in [-0.1, -0.05) is 0 Å². The smallest absolute Gasteiger partial charge is 0.0590 e. The van der Waals surface area contributed by atoms with Gasteiger partial charge < -0.3 is 10.1 Å². The molecule has 0 saturated carbocycles. The van der Waals surface area contributed by atoms with Gasteiger partial charge in [0.2, 0.25) is 0 Å². The van der Waals surface area contributed by atoms with Gasteiger partial charge in [-0.2, -0.15) is 5.10 Å². The fourth-order valence-corrected chi connectivity index (χ4v) is 1.08. The van der Waals surface area contributed by atoms with E-state index in [1.807, 2.05) is 24.7 Å². The van der Waals surface area contributed by atoms with E-state index >= 15 is 0 Å². The van der Waals surface area contributed by atoms with E-state index < -0.39 is 0 Å². The summed E-state index contributed by atoms with van der Waals surface area (Å²) in [5, 5.41) is 7.35. The summed E-state index contributed by atoms with van der Waals surface area (Å²) < 4.78 is 7.07. The monoisotopic (exact) mass is 219 g/mol. The van der Waals surface area contributed by atoms with E-state index in [2.05, 4.69) is 10.4 Å². The molecule has 0 aromatic carbocycles. The maximum absolute atomic E-state index is 5.20. The van der Waals surface area contributed by atoms with Crippen LogP contribution >= 0.6 is 12.4 Å². The van der Waals surface area contributed by atoms with Crippen LogP contribution in [0.3, 0.4) is 0 Å². The Hall–Kier alpha value is -0.580. The van der Waals surface area contributed by atoms with Crippen molar-refractivity contribution in [1.29, 1.82) is 0 Å². The van der Waals surface area contributed by atoms with Gasteiger partial charge in [0, 0.05) is 32.9 Å². The van der Waals surface area contributed by atoms with E-state index in [4.69, 9.17) is 4.74 Å². The summed E-state index contributed by atoms with van der Waals surface area (Å²) in [5.74, 6) is 0. The second-order valence-electron chi connectivity index (χ2n) is 2.82. The fraction of sp³-hybridized carbons (Fsp3) is 0.667. The second-order valence-corrected chi connectivity index (χ2v) is 2.82. The van der Waals surface area contributed by atoms with Crippen LogP contribution in [0.15, 0.2) is 12.3 Å². The predicted molar refractivity (Wildman–Crippen MR) is 58.7 cm³/mol. The number of ether oxygens (including phenoxy) is 1. The van der Waals surface area contributed by atoms with Crippen LogP contribution in [0.4, 0.5) is 0 Å². The molecule has 0 bridgehead atoms. The summed E-state index contributed by atoms with van der Waals surface area (Å²) in [6, 6.07) is 2.01. The second kappa shape index (κ2) is 7.79. The summed E-state index contributed by atoms with van der Waals surface area (Å²) in [5.41, 5.74) is 1.19. The van der Waals surface area contributed by atoms with Crippen molar-refractivity contribution in [2.75, 3.05) is 19.8 Å². The normalized spacial score (nSPS) is 9.86. The minimum absolute atomic E-state index is 0. The summed E-state index contributed by atoms with van der Waals surface area (Å²) in [6.45, 7) is 5.30. The number of halogens is 1. The van der Waals surface area contributed by atoms with Crippen LogP contribution in [-0.4, -0.2) is 29.5 Å². The molecule has 1 heterocycles. The first kappa shape index (κ1) is 13.4. The van der Waals surface area contributed by atoms with Gasteiger partial charge in [-0.05, 0) is 13.0 Å². The Morgan fingerprint density at radius 3 is 2.93 bits per heavy atom. The predicted octanol–water partition coefficient (Wildman–Crippen LogP) is 0.968. The molecule has 0 spiro atoms. The Labute approximate surface area is 91.0 Å². The lowest BCUT2D eigenvalue weighted by atomic mass is 10.4. The van der Waals surface area contributed by atoms with Gasteiger partial charge in [0.25, 0.3) is 0 Å². The number of hydrogen-bond donors (Lipinski definition) is 1. The molecule has 14 heavy (non-hydrogen) atoms. The quantitative estimate of drug-likeness (QED) is 0.725. The number of hydrogen-bond acceptors (Lipinski definition) is 3. The SMILES string of the molecule is CCOCCNCc1ccnn1C.Cl. The highest BCUT2D eigenvalue weighted by Gasteiger charge is 1.96. The Morgan fingerprint density at radius 2 is 2.36 bits per heavy atom. The average Bonchev–Trinajstić information content (AvgIpc) is 2.52. The zero-order valence-corrected chi connectivity index (χ0v) is 9.51. The molecule has 0 saturated heterocycles. The van der Waals surface area contributed by atoms with E-state index in [-0.39, 0.29) is 12.4 Å². The molecule has 5 heteroatoms. The first-order valence-corrected chi connectivity index (χ1v) is 4.60. The first-order valence-electron chi connectivity index (χ1n) is 4.60. The van der Waals surface area contributed by atoms with Crippen molar-refractivity contribution < 1.29 is 4.74 Å². The van der Waals surface area contributed by atoms with Gasteiger partial charge in [0.1, 0.15) is 0 Å². The fourth-order valence-electron chi connectivity index (χ4n) is 1.08. The van der Waals surface area contributed by atoms with Crippen LogP contribution in [0.25, 0.3) is 0 Å². The number of aromatic nitrogens is 2. The highest BCUT2D eigenvalue weighted by molar-refractivity contribution is 5.85. The first-order chi connectivity index (χ1) is 6.34. The molecule has 4 nitrogen and oxygen atoms in total. The lowest BCUT2D eigenvalue weighted by molar-refractivity contribution is 0.149. The number of nitrogens with one attached hydrogen (secondary N) is 1. The van der Waals surface area contributed by atoms with Gasteiger partial charge >= 0.3 is 0 Å². The molecule has 0 aliphatic heterocycles. The van der Waals surface area contributed by atoms with Crippen LogP contribution < -0.4 is 5.32 Å². The largest absolute Gasteiger partial charge is 0.380 e. The van der Waals surface area contributed by atoms with Crippen molar-refractivity contribution in [3.63, 3.8) is 0 Å². The van der Waals surface area contributed by atoms with E-state index in [1.165, 1.54) is 5.69 Å². The minimum Gasteiger partial charge on any atom is -0.380 e. The standard InChI is InChI=1S/C9H17N3O.ClH/c1-3-13-7-6-10-8-9-4-5-11-12(9)2;/h4-5,10H,3,6-8H2,1-2H3;1H. The Morgan fingerprint density at radius 1 is 1.57 bits per heavy atom. The molecule has 1 N–H and O–H groups in total. The van der Waals surface area contributed by atoms with Crippen molar-refractivity contribution in [3.8, 4) is 0 Å². The summed E-state index contributed by atoms with van der Waals surface area (Å²) in [4.78, 5) is 0. The van der Waals surface area contributed by atoms with Crippen LogP contribution in [-0.2, 0) is 18.3 Å². The molecule has 0 unspecified atom stereocenters. The van der Waals surface area contributed by atoms with Crippen molar-refractivity contribution in [3.05, 3.63) is 18.0 Å². The van der Waals surface area contributed by atoms with Gasteiger partial charge in [0.05, 0.1) is 12.3 Å². The highest BCUT2D eigenvalue weighted by Crippen LogP contribution is 1.93. The summed E-state index contributed by atoms with van der Waals surface area (Å²) in [6.07, 6.45) is 1.81. The molecular formula is C9H18ClN3O. The Kier molecular flexibility index (Phi) is 7.47. The van der Waals surface area contributed by atoms with Crippen molar-refractivity contribution in [2.45, 2.75) is 13.5 Å². The van der Waals surface area contributed by atoms with Crippen LogP contribution in [0.5, 0.6) is 0 Å². The van der Waals surface area contributed by atoms with Crippen LogP contribution in [0, 0.1) is 0 Å². The average molecular weight is 220 g/mol. The van der Waals surface area contributed by atoms with E-state index in [9.17, 15) is 0 Å². The number of aryl methyl sites for hydroxylation is 1. The van der Waals surface area contributed by atoms with Crippen LogP contribution in [0.2, 0.25) is 0 Å². The molecule has 0 radical (unpaired) electrons. The zero-order chi connectivity index (χ0) is 9.52. The zero-order valence-electron chi connectivity index (χ0n) is 8.69. The molecule has 0 fully saturated rings. The topological polar surface area (TPSA) is 39.1 Å². The van der Waals surface area contributed by atoms with E-state index in [1.54, 1.807) is 6.20 Å². The van der Waals surface area contributed by atoms with E-state index in [0.29, 0.717) is 0 Å². The van der Waals surface area contributed by atoms with Crippen molar-refractivity contribution in [2.24, 2.45) is 7.05 Å². The molecule has 0 amide bonds. The third-order valence-corrected chi connectivity index (χ3v) is 1.86. The number of nitrogens with zero attached hydrogens (tertiary/aromatic N) is 2.